The topological polar surface area (TPSA) is 66.4 Å². The van der Waals surface area contributed by atoms with Crippen molar-refractivity contribution >= 4 is 11.9 Å². The fraction of sp³-hybridized carbons (Fsp3) is 0.429. The lowest BCUT2D eigenvalue weighted by molar-refractivity contribution is -0.145. The molecule has 1 aliphatic carbocycles. The van der Waals surface area contributed by atoms with Crippen LogP contribution in [0.15, 0.2) is 18.2 Å². The Hall–Kier alpha value is -1.98. The summed E-state index contributed by atoms with van der Waals surface area (Å²) in [6, 6.07) is 2.43. The van der Waals surface area contributed by atoms with Crippen LogP contribution in [0.5, 0.6) is 0 Å². The highest BCUT2D eigenvalue weighted by atomic mass is 19.1. The molecule has 1 saturated carbocycles. The molecule has 1 fully saturated rings. The Morgan fingerprint density at radius 2 is 1.60 bits per heavy atom. The predicted octanol–water partition coefficient (Wildman–Crippen LogP) is 2.48. The zero-order chi connectivity index (χ0) is 14.8. The Morgan fingerprint density at radius 3 is 2.10 bits per heavy atom. The number of amides is 1. The van der Waals surface area contributed by atoms with Crippen molar-refractivity contribution in [2.75, 3.05) is 0 Å². The normalized spacial score (nSPS) is 17.5. The minimum atomic E-state index is -1.34. The molecule has 6 heteroatoms. The third-order valence-electron chi connectivity index (χ3n) is 3.59. The van der Waals surface area contributed by atoms with Gasteiger partial charge in [-0.25, -0.2) is 13.6 Å². The fourth-order valence-electron chi connectivity index (χ4n) is 2.52. The standard InChI is InChI=1S/C14H15F2NO3/c15-10-6-9(7-11(16)8-10)12(18)17-14(13(19)20)4-2-1-3-5-14/h6-8H,1-5H2,(H,17,18)(H,19,20). The van der Waals surface area contributed by atoms with Crippen LogP contribution in [0.3, 0.4) is 0 Å². The highest BCUT2D eigenvalue weighted by molar-refractivity contribution is 5.97. The maximum absolute atomic E-state index is 13.1. The molecule has 1 aromatic carbocycles. The number of carboxylic acids is 1. The molecule has 2 N–H and O–H groups in total. The Bertz CT molecular complexity index is 519. The van der Waals surface area contributed by atoms with E-state index in [0.29, 0.717) is 31.7 Å². The smallest absolute Gasteiger partial charge is 0.329 e. The first-order chi connectivity index (χ1) is 9.43. The van der Waals surface area contributed by atoms with E-state index in [1.54, 1.807) is 0 Å². The van der Waals surface area contributed by atoms with Gasteiger partial charge >= 0.3 is 5.97 Å². The van der Waals surface area contributed by atoms with E-state index in [4.69, 9.17) is 0 Å². The van der Waals surface area contributed by atoms with Crippen molar-refractivity contribution in [2.45, 2.75) is 37.6 Å². The Morgan fingerprint density at radius 1 is 1.05 bits per heavy atom. The van der Waals surface area contributed by atoms with Gasteiger partial charge in [0.15, 0.2) is 0 Å². The molecule has 108 valence electrons. The van der Waals surface area contributed by atoms with E-state index in [2.05, 4.69) is 5.32 Å². The summed E-state index contributed by atoms with van der Waals surface area (Å²) in [5.41, 5.74) is -1.55. The first kappa shape index (κ1) is 14.4. The van der Waals surface area contributed by atoms with Gasteiger partial charge in [-0.05, 0) is 25.0 Å². The van der Waals surface area contributed by atoms with Gasteiger partial charge in [0.05, 0.1) is 0 Å². The van der Waals surface area contributed by atoms with Crippen molar-refractivity contribution in [3.05, 3.63) is 35.4 Å². The Balaban J connectivity index is 2.22. The van der Waals surface area contributed by atoms with Gasteiger partial charge in [0.1, 0.15) is 17.2 Å². The van der Waals surface area contributed by atoms with Crippen molar-refractivity contribution < 1.29 is 23.5 Å². The van der Waals surface area contributed by atoms with E-state index in [1.165, 1.54) is 0 Å². The summed E-state index contributed by atoms with van der Waals surface area (Å²) in [7, 11) is 0. The minimum Gasteiger partial charge on any atom is -0.480 e. The van der Waals surface area contributed by atoms with E-state index >= 15 is 0 Å². The van der Waals surface area contributed by atoms with Crippen LogP contribution < -0.4 is 5.32 Å². The van der Waals surface area contributed by atoms with Gasteiger partial charge in [0, 0.05) is 11.6 Å². The van der Waals surface area contributed by atoms with Crippen molar-refractivity contribution in [3.63, 3.8) is 0 Å². The van der Waals surface area contributed by atoms with Crippen LogP contribution in [0.2, 0.25) is 0 Å². The summed E-state index contributed by atoms with van der Waals surface area (Å²) in [5.74, 6) is -3.62. The maximum Gasteiger partial charge on any atom is 0.329 e. The summed E-state index contributed by atoms with van der Waals surface area (Å²) in [5, 5.41) is 11.8. The highest BCUT2D eigenvalue weighted by Gasteiger charge is 2.41. The molecule has 0 heterocycles. The van der Waals surface area contributed by atoms with Crippen LogP contribution in [-0.2, 0) is 4.79 Å². The molecule has 2 rings (SSSR count). The summed E-state index contributed by atoms with van der Waals surface area (Å²) >= 11 is 0. The number of hydrogen-bond acceptors (Lipinski definition) is 2. The van der Waals surface area contributed by atoms with Crippen LogP contribution >= 0.6 is 0 Å². The minimum absolute atomic E-state index is 0.214. The molecule has 0 unspecified atom stereocenters. The lowest BCUT2D eigenvalue weighted by atomic mass is 9.81. The molecular formula is C14H15F2NO3. The van der Waals surface area contributed by atoms with Crippen LogP contribution in [0.1, 0.15) is 42.5 Å². The average molecular weight is 283 g/mol. The SMILES string of the molecule is O=C(NC1(C(=O)O)CCCCC1)c1cc(F)cc(F)c1. The van der Waals surface area contributed by atoms with Gasteiger partial charge < -0.3 is 10.4 Å². The molecule has 1 amide bonds. The van der Waals surface area contributed by atoms with Crippen LogP contribution in [0.4, 0.5) is 8.78 Å². The van der Waals surface area contributed by atoms with E-state index in [1.807, 2.05) is 0 Å². The maximum atomic E-state index is 13.1. The molecule has 0 bridgehead atoms. The van der Waals surface area contributed by atoms with Crippen molar-refractivity contribution in [1.29, 1.82) is 0 Å². The summed E-state index contributed by atoms with van der Waals surface area (Å²) < 4.78 is 26.2. The first-order valence-electron chi connectivity index (χ1n) is 6.45. The number of aliphatic carboxylic acids is 1. The summed E-state index contributed by atoms with van der Waals surface area (Å²) in [4.78, 5) is 23.4. The number of carboxylic acid groups (broad SMARTS) is 1. The van der Waals surface area contributed by atoms with Gasteiger partial charge in [-0.3, -0.25) is 4.79 Å². The van der Waals surface area contributed by atoms with Gasteiger partial charge in [0.25, 0.3) is 5.91 Å². The third kappa shape index (κ3) is 2.95. The molecule has 0 atom stereocenters. The number of carbonyl (C=O) groups excluding carboxylic acids is 1. The van der Waals surface area contributed by atoms with E-state index in [9.17, 15) is 23.5 Å². The molecular weight excluding hydrogens is 268 g/mol. The third-order valence-corrected chi connectivity index (χ3v) is 3.59. The van der Waals surface area contributed by atoms with E-state index in [-0.39, 0.29) is 5.56 Å². The zero-order valence-electron chi connectivity index (χ0n) is 10.8. The number of hydrogen-bond donors (Lipinski definition) is 2. The molecule has 1 aromatic rings. The molecule has 0 spiro atoms. The quantitative estimate of drug-likeness (QED) is 0.895. The van der Waals surface area contributed by atoms with Gasteiger partial charge in [0.2, 0.25) is 0 Å². The van der Waals surface area contributed by atoms with Crippen LogP contribution in [0.25, 0.3) is 0 Å². The molecule has 4 nitrogen and oxygen atoms in total. The molecule has 0 saturated heterocycles. The second-order valence-corrected chi connectivity index (χ2v) is 5.06. The first-order valence-corrected chi connectivity index (χ1v) is 6.45. The molecule has 0 aliphatic heterocycles. The van der Waals surface area contributed by atoms with Gasteiger partial charge in [-0.2, -0.15) is 0 Å². The van der Waals surface area contributed by atoms with Crippen LogP contribution in [0, 0.1) is 11.6 Å². The van der Waals surface area contributed by atoms with Crippen molar-refractivity contribution in [3.8, 4) is 0 Å². The van der Waals surface area contributed by atoms with Gasteiger partial charge in [-0.1, -0.05) is 19.3 Å². The van der Waals surface area contributed by atoms with Crippen LogP contribution in [-0.4, -0.2) is 22.5 Å². The zero-order valence-corrected chi connectivity index (χ0v) is 10.8. The summed E-state index contributed by atoms with van der Waals surface area (Å²) in [6.07, 6.45) is 2.96. The lowest BCUT2D eigenvalue weighted by Crippen LogP contribution is -2.55. The number of nitrogens with one attached hydrogen (secondary N) is 1. The molecule has 0 radical (unpaired) electrons. The van der Waals surface area contributed by atoms with Crippen molar-refractivity contribution in [1.82, 2.24) is 5.32 Å². The second-order valence-electron chi connectivity index (χ2n) is 5.06. The van der Waals surface area contributed by atoms with E-state index in [0.717, 1.165) is 18.6 Å². The highest BCUT2D eigenvalue weighted by Crippen LogP contribution is 2.29. The number of halogens is 2. The van der Waals surface area contributed by atoms with Gasteiger partial charge in [-0.15, -0.1) is 0 Å². The molecule has 20 heavy (non-hydrogen) atoms. The Kier molecular flexibility index (Phi) is 4.01. The predicted molar refractivity (Wildman–Crippen MR) is 67.3 cm³/mol. The summed E-state index contributed by atoms with van der Waals surface area (Å²) in [6.45, 7) is 0. The number of rotatable bonds is 3. The molecule has 0 aromatic heterocycles. The monoisotopic (exact) mass is 283 g/mol. The number of benzene rings is 1. The second kappa shape index (κ2) is 5.56. The molecule has 1 aliphatic rings. The largest absolute Gasteiger partial charge is 0.480 e. The lowest BCUT2D eigenvalue weighted by Gasteiger charge is -2.34. The van der Waals surface area contributed by atoms with Crippen molar-refractivity contribution in [2.24, 2.45) is 0 Å². The Labute approximate surface area is 114 Å². The fourth-order valence-corrected chi connectivity index (χ4v) is 2.52. The average Bonchev–Trinajstić information content (AvgIpc) is 2.38. The number of carbonyl (C=O) groups is 2. The van der Waals surface area contributed by atoms with E-state index < -0.39 is 29.0 Å².